The Morgan fingerprint density at radius 3 is 2.23 bits per heavy atom. The zero-order valence-corrected chi connectivity index (χ0v) is 7.43. The van der Waals surface area contributed by atoms with Crippen LogP contribution >= 0.6 is 0 Å². The fourth-order valence-electron chi connectivity index (χ4n) is 3.96. The fourth-order valence-corrected chi connectivity index (χ4v) is 3.96. The van der Waals surface area contributed by atoms with Crippen molar-refractivity contribution in [2.24, 2.45) is 29.6 Å². The lowest BCUT2D eigenvalue weighted by atomic mass is 9.72. The lowest BCUT2D eigenvalue weighted by molar-refractivity contribution is 0.313. The molecule has 0 radical (unpaired) electrons. The molecular weight excluding hydrogens is 176 g/mol. The van der Waals surface area contributed by atoms with Gasteiger partial charge < -0.3 is 12.9 Å². The average Bonchev–Trinajstić information content (AvgIpc) is 2.59. The second-order valence-electron chi connectivity index (χ2n) is 5.16. The summed E-state index contributed by atoms with van der Waals surface area (Å²) in [6.07, 6.45) is 2.79. The summed E-state index contributed by atoms with van der Waals surface area (Å²) < 4.78 is 36.7. The van der Waals surface area contributed by atoms with Gasteiger partial charge in [0, 0.05) is 0 Å². The third-order valence-corrected chi connectivity index (χ3v) is 4.40. The third kappa shape index (κ3) is 1.21. The molecule has 0 aromatic heterocycles. The minimum Gasteiger partial charge on any atom is -0.449 e. The van der Waals surface area contributed by atoms with E-state index in [0.717, 1.165) is 18.8 Å². The maximum absolute atomic E-state index is 12.2. The van der Waals surface area contributed by atoms with Crippen LogP contribution in [0, 0.1) is 29.6 Å². The first kappa shape index (κ1) is 8.19. The molecule has 0 N–H and O–H groups in total. The molecule has 13 heavy (non-hydrogen) atoms. The molecule has 74 valence electrons. The van der Waals surface area contributed by atoms with Crippen LogP contribution in [-0.2, 0) is 0 Å². The first-order valence-electron chi connectivity index (χ1n) is 5.25. The molecule has 4 heteroatoms. The van der Waals surface area contributed by atoms with E-state index in [1.807, 2.05) is 0 Å². The molecule has 3 rings (SSSR count). The number of fused-ring (bicyclic) bond motifs is 5. The minimum atomic E-state index is -4.53. The summed E-state index contributed by atoms with van der Waals surface area (Å²) in [6.45, 7) is -4.53. The number of hydrogen-bond acceptors (Lipinski definition) is 0. The van der Waals surface area contributed by atoms with Crippen LogP contribution < -0.4 is 0 Å². The number of rotatable bonds is 2. The molecule has 3 aliphatic rings. The molecule has 5 atom stereocenters. The van der Waals surface area contributed by atoms with E-state index >= 15 is 0 Å². The van der Waals surface area contributed by atoms with Crippen LogP contribution in [0.25, 0.3) is 0 Å². The fraction of sp³-hybridized carbons (Fsp3) is 1.00. The van der Waals surface area contributed by atoms with Crippen LogP contribution in [0.15, 0.2) is 0 Å². The molecule has 3 saturated carbocycles. The Labute approximate surface area is 75.9 Å². The highest BCUT2D eigenvalue weighted by Crippen LogP contribution is 2.68. The Morgan fingerprint density at radius 1 is 0.923 bits per heavy atom. The standard InChI is InChI=1S/C9H13BF3/c11-10(12,13)4-6-1-5-2-7(6)9-3-8(5)9/h5-9H,1-4H2/q-1. The molecule has 3 fully saturated rings. The quantitative estimate of drug-likeness (QED) is 0.585. The van der Waals surface area contributed by atoms with Crippen molar-refractivity contribution in [3.8, 4) is 0 Å². The van der Waals surface area contributed by atoms with Crippen LogP contribution in [0.2, 0.25) is 6.32 Å². The Kier molecular flexibility index (Phi) is 1.42. The molecule has 0 aromatic carbocycles. The minimum absolute atomic E-state index is 0.00810. The van der Waals surface area contributed by atoms with Crippen molar-refractivity contribution >= 4 is 6.98 Å². The average molecular weight is 189 g/mol. The molecule has 0 aliphatic heterocycles. The third-order valence-electron chi connectivity index (χ3n) is 4.40. The van der Waals surface area contributed by atoms with Crippen molar-refractivity contribution < 1.29 is 12.9 Å². The van der Waals surface area contributed by atoms with E-state index < -0.39 is 13.3 Å². The molecule has 2 bridgehead atoms. The summed E-state index contributed by atoms with van der Waals surface area (Å²) in [5, 5.41) is 0. The SMILES string of the molecule is F[B-](F)(F)CC1CC2CC1C1CC21. The van der Waals surface area contributed by atoms with Gasteiger partial charge in [-0.05, 0) is 42.9 Å². The van der Waals surface area contributed by atoms with Crippen LogP contribution in [0.4, 0.5) is 12.9 Å². The van der Waals surface area contributed by atoms with Crippen molar-refractivity contribution in [2.45, 2.75) is 25.6 Å². The second-order valence-corrected chi connectivity index (χ2v) is 5.16. The van der Waals surface area contributed by atoms with Gasteiger partial charge in [-0.25, -0.2) is 0 Å². The van der Waals surface area contributed by atoms with Crippen LogP contribution in [0.5, 0.6) is 0 Å². The first-order valence-corrected chi connectivity index (χ1v) is 5.25. The normalized spacial score (nSPS) is 52.4. The maximum Gasteiger partial charge on any atom is 0.478 e. The van der Waals surface area contributed by atoms with Gasteiger partial charge in [0.05, 0.1) is 0 Å². The van der Waals surface area contributed by atoms with Crippen LogP contribution in [0.3, 0.4) is 0 Å². The van der Waals surface area contributed by atoms with E-state index in [-0.39, 0.29) is 5.92 Å². The number of halogens is 3. The van der Waals surface area contributed by atoms with Crippen LogP contribution in [-0.4, -0.2) is 6.98 Å². The molecule has 0 saturated heterocycles. The highest BCUT2D eigenvalue weighted by atomic mass is 19.4. The number of hydrogen-bond donors (Lipinski definition) is 0. The van der Waals surface area contributed by atoms with Gasteiger partial charge in [0.2, 0.25) is 0 Å². The van der Waals surface area contributed by atoms with E-state index in [1.165, 1.54) is 6.42 Å². The highest BCUT2D eigenvalue weighted by Gasteiger charge is 2.60. The summed E-state index contributed by atoms with van der Waals surface area (Å²) in [5.74, 6) is 2.70. The Hall–Kier alpha value is -0.145. The maximum atomic E-state index is 12.2. The molecule has 0 amide bonds. The van der Waals surface area contributed by atoms with E-state index in [2.05, 4.69) is 0 Å². The smallest absolute Gasteiger partial charge is 0.449 e. The first-order chi connectivity index (χ1) is 6.04. The van der Waals surface area contributed by atoms with Gasteiger partial charge in [0.25, 0.3) is 0 Å². The molecule has 0 aromatic rings. The summed E-state index contributed by atoms with van der Waals surface area (Å²) in [4.78, 5) is 0. The lowest BCUT2D eigenvalue weighted by Gasteiger charge is -2.26. The van der Waals surface area contributed by atoms with Crippen molar-refractivity contribution in [1.82, 2.24) is 0 Å². The van der Waals surface area contributed by atoms with Crippen molar-refractivity contribution in [2.75, 3.05) is 0 Å². The Bertz CT molecular complexity index is 238. The van der Waals surface area contributed by atoms with E-state index in [4.69, 9.17) is 0 Å². The summed E-state index contributed by atoms with van der Waals surface area (Å²) in [6, 6.07) is 0. The molecular formula is C9H13BF3-. The van der Waals surface area contributed by atoms with Gasteiger partial charge in [-0.15, -0.1) is 0 Å². The monoisotopic (exact) mass is 189 g/mol. The van der Waals surface area contributed by atoms with Gasteiger partial charge in [-0.2, -0.15) is 0 Å². The Morgan fingerprint density at radius 2 is 1.69 bits per heavy atom. The molecule has 0 heterocycles. The predicted octanol–water partition coefficient (Wildman–Crippen LogP) is 3.13. The predicted molar refractivity (Wildman–Crippen MR) is 45.2 cm³/mol. The molecule has 5 unspecified atom stereocenters. The van der Waals surface area contributed by atoms with Gasteiger partial charge in [0.1, 0.15) is 0 Å². The van der Waals surface area contributed by atoms with Gasteiger partial charge in [-0.1, -0.05) is 12.2 Å². The summed E-state index contributed by atoms with van der Waals surface area (Å²) >= 11 is 0. The van der Waals surface area contributed by atoms with Crippen molar-refractivity contribution in [3.05, 3.63) is 0 Å². The highest BCUT2D eigenvalue weighted by molar-refractivity contribution is 6.58. The van der Waals surface area contributed by atoms with E-state index in [9.17, 15) is 12.9 Å². The second kappa shape index (κ2) is 2.26. The van der Waals surface area contributed by atoms with Gasteiger partial charge in [-0.3, -0.25) is 0 Å². The van der Waals surface area contributed by atoms with E-state index in [1.54, 1.807) is 0 Å². The summed E-state index contributed by atoms with van der Waals surface area (Å²) in [5.41, 5.74) is 0. The van der Waals surface area contributed by atoms with Gasteiger partial charge in [0.15, 0.2) is 0 Å². The van der Waals surface area contributed by atoms with Gasteiger partial charge >= 0.3 is 6.98 Å². The summed E-state index contributed by atoms with van der Waals surface area (Å²) in [7, 11) is 0. The lowest BCUT2D eigenvalue weighted by Crippen LogP contribution is -2.24. The van der Waals surface area contributed by atoms with E-state index in [0.29, 0.717) is 17.8 Å². The molecule has 3 aliphatic carbocycles. The largest absolute Gasteiger partial charge is 0.478 e. The zero-order valence-electron chi connectivity index (χ0n) is 7.43. The molecule has 0 nitrogen and oxygen atoms in total. The topological polar surface area (TPSA) is 0 Å². The molecule has 0 spiro atoms. The van der Waals surface area contributed by atoms with Crippen molar-refractivity contribution in [3.63, 3.8) is 0 Å². The van der Waals surface area contributed by atoms with Crippen molar-refractivity contribution in [1.29, 1.82) is 0 Å². The zero-order chi connectivity index (χ0) is 9.22. The Balaban J connectivity index is 1.68. The van der Waals surface area contributed by atoms with Crippen LogP contribution in [0.1, 0.15) is 19.3 Å².